The molecule has 1 unspecified atom stereocenters. The number of nitrogens with zero attached hydrogens (tertiary/aromatic N) is 1. The van der Waals surface area contributed by atoms with Gasteiger partial charge in [-0.3, -0.25) is 9.59 Å². The third-order valence-electron chi connectivity index (χ3n) is 4.98. The molecule has 160 valence electrons. The van der Waals surface area contributed by atoms with Crippen LogP contribution in [0.1, 0.15) is 26.3 Å². The number of fused-ring (bicyclic) bond motifs is 1. The Morgan fingerprint density at radius 2 is 1.77 bits per heavy atom. The van der Waals surface area contributed by atoms with Gasteiger partial charge in [-0.2, -0.15) is 4.72 Å². The van der Waals surface area contributed by atoms with Crippen molar-refractivity contribution in [3.8, 4) is 0 Å². The minimum atomic E-state index is -3.93. The van der Waals surface area contributed by atoms with Crippen LogP contribution in [0, 0.1) is 5.92 Å². The second-order valence-electron chi connectivity index (χ2n) is 7.55. The molecule has 0 saturated carbocycles. The van der Waals surface area contributed by atoms with Crippen LogP contribution in [0.4, 0.5) is 11.4 Å². The molecule has 1 heterocycles. The van der Waals surface area contributed by atoms with E-state index in [1.54, 1.807) is 55.1 Å². The summed E-state index contributed by atoms with van der Waals surface area (Å²) in [5, 5.41) is 2.75. The van der Waals surface area contributed by atoms with Crippen molar-refractivity contribution in [1.82, 2.24) is 4.72 Å². The third kappa shape index (κ3) is 4.91. The highest BCUT2D eigenvalue weighted by Crippen LogP contribution is 2.30. The molecule has 2 amide bonds. The summed E-state index contributed by atoms with van der Waals surface area (Å²) in [5.41, 5.74) is 2.11. The number of hydrogen-bond donors (Lipinski definition) is 2. The topological polar surface area (TPSA) is 95.6 Å². The number of sulfonamides is 1. The van der Waals surface area contributed by atoms with Crippen LogP contribution in [0.15, 0.2) is 51.8 Å². The van der Waals surface area contributed by atoms with Crippen molar-refractivity contribution in [2.75, 3.05) is 16.8 Å². The van der Waals surface area contributed by atoms with Gasteiger partial charge in [-0.1, -0.05) is 29.8 Å². The Morgan fingerprint density at radius 3 is 2.37 bits per heavy atom. The predicted molar refractivity (Wildman–Crippen MR) is 120 cm³/mol. The van der Waals surface area contributed by atoms with Crippen LogP contribution in [-0.2, 0) is 26.0 Å². The Kier molecular flexibility index (Phi) is 6.64. The molecule has 0 aliphatic carbocycles. The number of carbonyl (C=O) groups is 2. The van der Waals surface area contributed by atoms with E-state index in [1.807, 2.05) is 0 Å². The normalized spacial score (nSPS) is 14.5. The Balaban J connectivity index is 1.80. The first-order valence-corrected chi connectivity index (χ1v) is 11.9. The van der Waals surface area contributed by atoms with E-state index in [2.05, 4.69) is 26.0 Å². The van der Waals surface area contributed by atoms with Gasteiger partial charge in [0, 0.05) is 29.3 Å². The highest BCUT2D eigenvalue weighted by Gasteiger charge is 2.30. The molecular formula is C21H24BrN3O4S. The highest BCUT2D eigenvalue weighted by atomic mass is 79.9. The second kappa shape index (κ2) is 8.87. The standard InChI is InChI=1S/C21H24BrN3O4S/c1-13(2)20(21(27)23-17-6-4-16(22)5-7-17)24-30(28,29)18-8-9-19-15(12-18)10-11-25(19)14(3)26/h4-9,12-13,20,24H,10-11H2,1-3H3,(H,23,27). The van der Waals surface area contributed by atoms with E-state index in [-0.39, 0.29) is 16.7 Å². The molecule has 7 nitrogen and oxygen atoms in total. The maximum absolute atomic E-state index is 13.0. The van der Waals surface area contributed by atoms with Crippen molar-refractivity contribution in [2.45, 2.75) is 38.1 Å². The maximum atomic E-state index is 13.0. The van der Waals surface area contributed by atoms with Crippen molar-refractivity contribution in [3.05, 3.63) is 52.5 Å². The van der Waals surface area contributed by atoms with Gasteiger partial charge in [0.1, 0.15) is 6.04 Å². The molecule has 0 radical (unpaired) electrons. The molecule has 30 heavy (non-hydrogen) atoms. The summed E-state index contributed by atoms with van der Waals surface area (Å²) in [6.45, 7) is 5.58. The fourth-order valence-electron chi connectivity index (χ4n) is 3.35. The monoisotopic (exact) mass is 493 g/mol. The molecule has 2 N–H and O–H groups in total. The maximum Gasteiger partial charge on any atom is 0.242 e. The fraction of sp³-hybridized carbons (Fsp3) is 0.333. The van der Waals surface area contributed by atoms with Crippen LogP contribution in [-0.4, -0.2) is 32.8 Å². The Morgan fingerprint density at radius 1 is 1.10 bits per heavy atom. The zero-order valence-corrected chi connectivity index (χ0v) is 19.4. The van der Waals surface area contributed by atoms with Crippen LogP contribution in [0.5, 0.6) is 0 Å². The lowest BCUT2D eigenvalue weighted by molar-refractivity contribution is -0.118. The zero-order valence-electron chi connectivity index (χ0n) is 17.0. The van der Waals surface area contributed by atoms with Gasteiger partial charge in [0.2, 0.25) is 21.8 Å². The van der Waals surface area contributed by atoms with E-state index in [0.717, 1.165) is 15.7 Å². The Hall–Kier alpha value is -2.23. The molecule has 0 fully saturated rings. The van der Waals surface area contributed by atoms with Crippen molar-refractivity contribution in [3.63, 3.8) is 0 Å². The molecule has 1 aliphatic heterocycles. The number of halogens is 1. The number of amides is 2. The summed E-state index contributed by atoms with van der Waals surface area (Å²) in [6.07, 6.45) is 0.593. The van der Waals surface area contributed by atoms with E-state index in [1.165, 1.54) is 13.0 Å². The van der Waals surface area contributed by atoms with Crippen LogP contribution in [0.2, 0.25) is 0 Å². The van der Waals surface area contributed by atoms with Crippen molar-refractivity contribution in [1.29, 1.82) is 0 Å². The summed E-state index contributed by atoms with van der Waals surface area (Å²) < 4.78 is 29.4. The summed E-state index contributed by atoms with van der Waals surface area (Å²) in [7, 11) is -3.93. The molecule has 9 heteroatoms. The van der Waals surface area contributed by atoms with E-state index < -0.39 is 22.0 Å². The van der Waals surface area contributed by atoms with Gasteiger partial charge in [0.25, 0.3) is 0 Å². The van der Waals surface area contributed by atoms with Crippen LogP contribution in [0.25, 0.3) is 0 Å². The number of rotatable bonds is 6. The molecule has 0 spiro atoms. The lowest BCUT2D eigenvalue weighted by atomic mass is 10.0. The van der Waals surface area contributed by atoms with Gasteiger partial charge in [-0.25, -0.2) is 8.42 Å². The number of carbonyl (C=O) groups excluding carboxylic acids is 2. The van der Waals surface area contributed by atoms with Gasteiger partial charge in [-0.05, 0) is 60.4 Å². The van der Waals surface area contributed by atoms with E-state index >= 15 is 0 Å². The summed E-state index contributed by atoms with van der Waals surface area (Å²) >= 11 is 3.34. The summed E-state index contributed by atoms with van der Waals surface area (Å²) in [4.78, 5) is 26.2. The second-order valence-corrected chi connectivity index (χ2v) is 10.2. The largest absolute Gasteiger partial charge is 0.325 e. The zero-order chi connectivity index (χ0) is 22.1. The fourth-order valence-corrected chi connectivity index (χ4v) is 5.01. The van der Waals surface area contributed by atoms with E-state index in [0.29, 0.717) is 18.7 Å². The minimum absolute atomic E-state index is 0.0769. The van der Waals surface area contributed by atoms with Crippen LogP contribution < -0.4 is 14.9 Å². The molecule has 3 rings (SSSR count). The van der Waals surface area contributed by atoms with Crippen molar-refractivity contribution < 1.29 is 18.0 Å². The number of hydrogen-bond acceptors (Lipinski definition) is 4. The average Bonchev–Trinajstić information content (AvgIpc) is 3.11. The molecule has 1 aliphatic rings. The number of nitrogens with one attached hydrogen (secondary N) is 2. The quantitative estimate of drug-likeness (QED) is 0.645. The SMILES string of the molecule is CC(=O)N1CCc2cc(S(=O)(=O)NC(C(=O)Nc3ccc(Br)cc3)C(C)C)ccc21. The minimum Gasteiger partial charge on any atom is -0.325 e. The lowest BCUT2D eigenvalue weighted by Crippen LogP contribution is -2.47. The van der Waals surface area contributed by atoms with E-state index in [4.69, 9.17) is 0 Å². The predicted octanol–water partition coefficient (Wildman–Crippen LogP) is 3.30. The van der Waals surface area contributed by atoms with Crippen LogP contribution >= 0.6 is 15.9 Å². The van der Waals surface area contributed by atoms with Gasteiger partial charge < -0.3 is 10.2 Å². The van der Waals surface area contributed by atoms with Gasteiger partial charge >= 0.3 is 0 Å². The Bertz CT molecular complexity index is 1070. The summed E-state index contributed by atoms with van der Waals surface area (Å²) in [6, 6.07) is 10.8. The Labute approximate surface area is 185 Å². The van der Waals surface area contributed by atoms with Crippen molar-refractivity contribution in [2.24, 2.45) is 5.92 Å². The first-order valence-electron chi connectivity index (χ1n) is 9.58. The lowest BCUT2D eigenvalue weighted by Gasteiger charge is -2.22. The third-order valence-corrected chi connectivity index (χ3v) is 6.95. The molecule has 0 bridgehead atoms. The van der Waals surface area contributed by atoms with E-state index in [9.17, 15) is 18.0 Å². The first-order chi connectivity index (χ1) is 14.1. The number of anilines is 2. The highest BCUT2D eigenvalue weighted by molar-refractivity contribution is 9.10. The van der Waals surface area contributed by atoms with Gasteiger partial charge in [0.05, 0.1) is 4.90 Å². The molecule has 2 aromatic carbocycles. The van der Waals surface area contributed by atoms with Crippen LogP contribution in [0.3, 0.4) is 0 Å². The molecule has 0 saturated heterocycles. The molecule has 1 atom stereocenters. The average molecular weight is 494 g/mol. The number of benzene rings is 2. The van der Waals surface area contributed by atoms with Gasteiger partial charge in [-0.15, -0.1) is 0 Å². The molecule has 0 aromatic heterocycles. The van der Waals surface area contributed by atoms with Crippen molar-refractivity contribution >= 4 is 49.1 Å². The smallest absolute Gasteiger partial charge is 0.242 e. The summed E-state index contributed by atoms with van der Waals surface area (Å²) in [5.74, 6) is -0.773. The molecule has 2 aromatic rings. The first kappa shape index (κ1) is 22.5. The van der Waals surface area contributed by atoms with Gasteiger partial charge in [0.15, 0.2) is 0 Å². The molecular weight excluding hydrogens is 470 g/mol.